The van der Waals surface area contributed by atoms with Gasteiger partial charge in [0.1, 0.15) is 11.7 Å². The summed E-state index contributed by atoms with van der Waals surface area (Å²) in [7, 11) is 0. The minimum Gasteiger partial charge on any atom is -0.459 e. The Kier molecular flexibility index (Phi) is 7.16. The van der Waals surface area contributed by atoms with E-state index in [1.165, 1.54) is 0 Å². The van der Waals surface area contributed by atoms with Gasteiger partial charge in [0, 0.05) is 0 Å². The van der Waals surface area contributed by atoms with E-state index in [9.17, 15) is 18.0 Å². The molecule has 0 rings (SSSR count). The van der Waals surface area contributed by atoms with Crippen LogP contribution in [0.3, 0.4) is 0 Å². The highest BCUT2D eigenvalue weighted by Gasteiger charge is 2.39. The topological polar surface area (TPSA) is 26.3 Å². The summed E-state index contributed by atoms with van der Waals surface area (Å²) in [5.74, 6) is -1.08. The predicted molar refractivity (Wildman–Crippen MR) is 68.6 cm³/mol. The van der Waals surface area contributed by atoms with Crippen LogP contribution in [0.25, 0.3) is 0 Å². The third-order valence-electron chi connectivity index (χ3n) is 3.01. The van der Waals surface area contributed by atoms with Gasteiger partial charge in [0.15, 0.2) is 0 Å². The Morgan fingerprint density at radius 2 is 1.79 bits per heavy atom. The van der Waals surface area contributed by atoms with Gasteiger partial charge in [-0.2, -0.15) is 13.2 Å². The van der Waals surface area contributed by atoms with Gasteiger partial charge in [0.2, 0.25) is 0 Å². The van der Waals surface area contributed by atoms with Crippen molar-refractivity contribution >= 4 is 5.97 Å². The number of ether oxygens (including phenoxy) is 1. The van der Waals surface area contributed by atoms with Gasteiger partial charge in [-0.05, 0) is 18.3 Å². The molecule has 0 saturated heterocycles. The predicted octanol–water partition coefficient (Wildman–Crippen LogP) is 4.50. The Labute approximate surface area is 113 Å². The number of carbonyl (C=O) groups excluding carboxylic acids is 1. The second kappa shape index (κ2) is 7.56. The van der Waals surface area contributed by atoms with Gasteiger partial charge in [-0.25, -0.2) is 4.79 Å². The summed E-state index contributed by atoms with van der Waals surface area (Å²) < 4.78 is 42.0. The van der Waals surface area contributed by atoms with E-state index in [-0.39, 0.29) is 5.92 Å². The van der Waals surface area contributed by atoms with Crippen LogP contribution in [-0.4, -0.2) is 18.2 Å². The van der Waals surface area contributed by atoms with E-state index >= 15 is 0 Å². The Balaban J connectivity index is 4.59. The zero-order valence-electron chi connectivity index (χ0n) is 12.0. The van der Waals surface area contributed by atoms with Crippen LogP contribution in [0.1, 0.15) is 47.0 Å². The Hall–Kier alpha value is -1.00. The van der Waals surface area contributed by atoms with E-state index in [0.717, 1.165) is 12.8 Å². The first-order valence-corrected chi connectivity index (χ1v) is 6.56. The van der Waals surface area contributed by atoms with E-state index in [2.05, 4.69) is 6.58 Å². The molecular weight excluding hydrogens is 257 g/mol. The number of esters is 1. The Morgan fingerprint density at radius 1 is 1.26 bits per heavy atom. The molecular formula is C14H23F3O2. The standard InChI is InChI=1S/C14H23F3O2/c1-6-7-10(4)8-12(9(2)3)19-13(18)11(5)14(15,16)17/h9-10,12H,5-8H2,1-4H3. The van der Waals surface area contributed by atoms with Gasteiger partial charge in [-0.3, -0.25) is 0 Å². The van der Waals surface area contributed by atoms with Crippen molar-refractivity contribution in [1.29, 1.82) is 0 Å². The average molecular weight is 280 g/mol. The number of rotatable bonds is 7. The Bertz CT molecular complexity index is 308. The largest absolute Gasteiger partial charge is 0.459 e. The van der Waals surface area contributed by atoms with E-state index in [0.29, 0.717) is 12.3 Å². The monoisotopic (exact) mass is 280 g/mol. The van der Waals surface area contributed by atoms with Crippen LogP contribution < -0.4 is 0 Å². The van der Waals surface area contributed by atoms with Crippen molar-refractivity contribution in [3.63, 3.8) is 0 Å². The number of carbonyl (C=O) groups is 1. The highest BCUT2D eigenvalue weighted by Crippen LogP contribution is 2.27. The number of alkyl halides is 3. The fourth-order valence-electron chi connectivity index (χ4n) is 1.79. The fourth-order valence-corrected chi connectivity index (χ4v) is 1.79. The summed E-state index contributed by atoms with van der Waals surface area (Å²) in [5.41, 5.74) is -1.44. The van der Waals surface area contributed by atoms with Gasteiger partial charge >= 0.3 is 12.1 Å². The summed E-state index contributed by atoms with van der Waals surface area (Å²) in [6.45, 7) is 10.5. The highest BCUT2D eigenvalue weighted by atomic mass is 19.4. The first-order valence-electron chi connectivity index (χ1n) is 6.56. The van der Waals surface area contributed by atoms with E-state index < -0.39 is 23.8 Å². The van der Waals surface area contributed by atoms with Crippen molar-refractivity contribution < 1.29 is 22.7 Å². The number of hydrogen-bond donors (Lipinski definition) is 0. The van der Waals surface area contributed by atoms with Crippen molar-refractivity contribution in [3.05, 3.63) is 12.2 Å². The summed E-state index contributed by atoms with van der Waals surface area (Å²) in [6.07, 6.45) is -2.71. The molecule has 0 aromatic carbocycles. The SMILES string of the molecule is C=C(C(=O)OC(CC(C)CCC)C(C)C)C(F)(F)F. The summed E-state index contributed by atoms with van der Waals surface area (Å²) >= 11 is 0. The van der Waals surface area contributed by atoms with Gasteiger partial charge in [0.25, 0.3) is 0 Å². The molecule has 0 radical (unpaired) electrons. The lowest BCUT2D eigenvalue weighted by molar-refractivity contribution is -0.158. The smallest absolute Gasteiger partial charge is 0.422 e. The van der Waals surface area contributed by atoms with Crippen LogP contribution in [0.15, 0.2) is 12.2 Å². The first kappa shape index (κ1) is 18.0. The molecule has 19 heavy (non-hydrogen) atoms. The van der Waals surface area contributed by atoms with E-state index in [1.807, 2.05) is 27.7 Å². The molecule has 0 spiro atoms. The maximum Gasteiger partial charge on any atom is 0.422 e. The third-order valence-corrected chi connectivity index (χ3v) is 3.01. The van der Waals surface area contributed by atoms with Crippen LogP contribution in [0.2, 0.25) is 0 Å². The highest BCUT2D eigenvalue weighted by molar-refractivity contribution is 5.89. The number of hydrogen-bond acceptors (Lipinski definition) is 2. The van der Waals surface area contributed by atoms with Gasteiger partial charge in [0.05, 0.1) is 0 Å². The molecule has 0 aliphatic rings. The molecule has 0 aliphatic heterocycles. The second-order valence-electron chi connectivity index (χ2n) is 5.29. The molecule has 0 aromatic rings. The molecule has 2 unspecified atom stereocenters. The van der Waals surface area contributed by atoms with Crippen LogP contribution in [0.5, 0.6) is 0 Å². The van der Waals surface area contributed by atoms with Crippen molar-refractivity contribution in [2.75, 3.05) is 0 Å². The molecule has 112 valence electrons. The molecule has 0 heterocycles. The summed E-state index contributed by atoms with van der Waals surface area (Å²) in [5, 5.41) is 0. The summed E-state index contributed by atoms with van der Waals surface area (Å²) in [4.78, 5) is 11.4. The zero-order chi connectivity index (χ0) is 15.2. The molecule has 0 aliphatic carbocycles. The Morgan fingerprint density at radius 3 is 2.16 bits per heavy atom. The maximum atomic E-state index is 12.3. The first-order chi connectivity index (χ1) is 8.59. The lowest BCUT2D eigenvalue weighted by Gasteiger charge is -2.25. The van der Waals surface area contributed by atoms with Crippen LogP contribution in [0.4, 0.5) is 13.2 Å². The molecule has 0 aromatic heterocycles. The third kappa shape index (κ3) is 6.64. The van der Waals surface area contributed by atoms with E-state index in [1.54, 1.807) is 0 Å². The molecule has 0 bridgehead atoms. The normalized spacial score (nSPS) is 15.2. The van der Waals surface area contributed by atoms with Crippen LogP contribution in [-0.2, 0) is 9.53 Å². The van der Waals surface area contributed by atoms with Gasteiger partial charge in [-0.15, -0.1) is 0 Å². The second-order valence-corrected chi connectivity index (χ2v) is 5.29. The molecule has 0 amide bonds. The molecule has 0 saturated carbocycles. The lowest BCUT2D eigenvalue weighted by Crippen LogP contribution is -2.30. The molecule has 5 heteroatoms. The van der Waals surface area contributed by atoms with Crippen molar-refractivity contribution in [2.24, 2.45) is 11.8 Å². The van der Waals surface area contributed by atoms with Gasteiger partial charge in [-0.1, -0.05) is 47.1 Å². The lowest BCUT2D eigenvalue weighted by atomic mass is 9.93. The van der Waals surface area contributed by atoms with Crippen molar-refractivity contribution in [2.45, 2.75) is 59.2 Å². The quantitative estimate of drug-likeness (QED) is 0.507. The summed E-state index contributed by atoms with van der Waals surface area (Å²) in [6, 6.07) is 0. The van der Waals surface area contributed by atoms with Crippen LogP contribution >= 0.6 is 0 Å². The maximum absolute atomic E-state index is 12.3. The fraction of sp³-hybridized carbons (Fsp3) is 0.786. The van der Waals surface area contributed by atoms with Crippen LogP contribution in [0, 0.1) is 11.8 Å². The van der Waals surface area contributed by atoms with E-state index in [4.69, 9.17) is 4.74 Å². The molecule has 2 atom stereocenters. The van der Waals surface area contributed by atoms with Crippen molar-refractivity contribution in [3.8, 4) is 0 Å². The molecule has 0 N–H and O–H groups in total. The molecule has 0 fully saturated rings. The minimum absolute atomic E-state index is 0.0238. The minimum atomic E-state index is -4.73. The number of halogens is 3. The van der Waals surface area contributed by atoms with Crippen molar-refractivity contribution in [1.82, 2.24) is 0 Å². The average Bonchev–Trinajstić information content (AvgIpc) is 2.25. The van der Waals surface area contributed by atoms with Gasteiger partial charge < -0.3 is 4.74 Å². The zero-order valence-corrected chi connectivity index (χ0v) is 12.0. The molecule has 2 nitrogen and oxygen atoms in total.